The van der Waals surface area contributed by atoms with E-state index >= 15 is 0 Å². The number of ether oxygens (including phenoxy) is 1. The standard InChI is InChI=1S/C37H57N3.C2H6O.2C2H6/c1-6-33-26-32(17-16-31-13-12-21-39(5)24-20-31)18-19-34(33)14-8-9-15-35-27-36(30(3)25-29(35)2)37(38-4)28-40-22-10-7-11-23-40;1-3-2;2*1-2/h18-19,25-27,31H,6-17,20-24,28H2,1-5H3;1-2H3;2*1-2H3. The topological polar surface area (TPSA) is 28.1 Å². The zero-order chi connectivity index (χ0) is 35.0. The van der Waals surface area contributed by atoms with Crippen molar-refractivity contribution in [3.05, 3.63) is 69.3 Å². The summed E-state index contributed by atoms with van der Waals surface area (Å²) in [6.07, 6.45) is 16.8. The second-order valence-corrected chi connectivity index (χ2v) is 13.3. The maximum absolute atomic E-state index is 4.77. The molecule has 0 spiro atoms. The van der Waals surface area contributed by atoms with E-state index in [1.165, 1.54) is 125 Å². The highest BCUT2D eigenvalue weighted by Gasteiger charge is 2.17. The lowest BCUT2D eigenvalue weighted by Gasteiger charge is -2.27. The van der Waals surface area contributed by atoms with Crippen LogP contribution in [0, 0.1) is 19.8 Å². The molecule has 4 rings (SSSR count). The zero-order valence-corrected chi connectivity index (χ0v) is 32.9. The average molecular weight is 650 g/mol. The van der Waals surface area contributed by atoms with Crippen LogP contribution in [-0.4, -0.2) is 76.6 Å². The highest BCUT2D eigenvalue weighted by atomic mass is 16.4. The minimum Gasteiger partial charge on any atom is -0.388 e. The molecule has 2 saturated heterocycles. The molecule has 2 aliphatic rings. The van der Waals surface area contributed by atoms with E-state index < -0.39 is 0 Å². The van der Waals surface area contributed by atoms with Gasteiger partial charge in [-0.25, -0.2) is 0 Å². The Morgan fingerprint density at radius 2 is 1.43 bits per heavy atom. The van der Waals surface area contributed by atoms with Gasteiger partial charge in [0.1, 0.15) is 0 Å². The number of benzene rings is 2. The van der Waals surface area contributed by atoms with Crippen LogP contribution >= 0.6 is 0 Å². The van der Waals surface area contributed by atoms with E-state index in [9.17, 15) is 0 Å². The number of aryl methyl sites for hydroxylation is 6. The van der Waals surface area contributed by atoms with Crippen LogP contribution in [-0.2, 0) is 30.4 Å². The number of hydrogen-bond donors (Lipinski definition) is 0. The Kier molecular flexibility index (Phi) is 23.7. The largest absolute Gasteiger partial charge is 0.388 e. The second-order valence-electron chi connectivity index (χ2n) is 13.3. The highest BCUT2D eigenvalue weighted by Crippen LogP contribution is 2.25. The quantitative estimate of drug-likeness (QED) is 0.169. The van der Waals surface area contributed by atoms with Crippen molar-refractivity contribution < 1.29 is 4.74 Å². The van der Waals surface area contributed by atoms with Crippen molar-refractivity contribution in [2.45, 2.75) is 132 Å². The molecule has 2 heterocycles. The molecule has 0 N–H and O–H groups in total. The van der Waals surface area contributed by atoms with Crippen molar-refractivity contribution in [1.29, 1.82) is 0 Å². The number of rotatable bonds is 12. The van der Waals surface area contributed by atoms with Crippen LogP contribution in [0.3, 0.4) is 0 Å². The lowest BCUT2D eigenvalue weighted by Crippen LogP contribution is -2.35. The van der Waals surface area contributed by atoms with Crippen LogP contribution in [0.15, 0.2) is 35.3 Å². The third-order valence-corrected chi connectivity index (χ3v) is 9.79. The zero-order valence-electron chi connectivity index (χ0n) is 32.9. The fraction of sp³-hybridized carbons (Fsp3) is 0.698. The van der Waals surface area contributed by atoms with E-state index in [0.29, 0.717) is 0 Å². The minimum absolute atomic E-state index is 0.907. The predicted octanol–water partition coefficient (Wildman–Crippen LogP) is 10.3. The summed E-state index contributed by atoms with van der Waals surface area (Å²) in [4.78, 5) is 9.87. The number of hydrogen-bond acceptors (Lipinski definition) is 4. The van der Waals surface area contributed by atoms with E-state index in [0.717, 1.165) is 25.3 Å². The fourth-order valence-corrected chi connectivity index (χ4v) is 7.09. The molecule has 2 aliphatic heterocycles. The van der Waals surface area contributed by atoms with Crippen LogP contribution in [0.5, 0.6) is 0 Å². The SMILES string of the molecule is CC.CC.CCc1cc(CCC2CCCN(C)CC2)ccc1CCCCc1cc(C(CN2CCCCC2)=NC)c(C)cc1C.COC. The molecule has 1 atom stereocenters. The van der Waals surface area contributed by atoms with E-state index in [-0.39, 0.29) is 0 Å². The number of likely N-dealkylation sites (tertiary alicyclic amines) is 2. The smallest absolute Gasteiger partial charge is 0.0560 e. The number of unbranched alkanes of at least 4 members (excludes halogenated alkanes) is 1. The summed E-state index contributed by atoms with van der Waals surface area (Å²) in [6, 6.07) is 12.3. The van der Waals surface area contributed by atoms with Crippen molar-refractivity contribution in [3.63, 3.8) is 0 Å². The molecule has 2 aromatic carbocycles. The Hall–Kier alpha value is -2.01. The predicted molar refractivity (Wildman–Crippen MR) is 210 cm³/mol. The first-order valence-corrected chi connectivity index (χ1v) is 19.4. The van der Waals surface area contributed by atoms with E-state index in [1.807, 2.05) is 34.7 Å². The number of methoxy groups -OCH3 is 1. The van der Waals surface area contributed by atoms with Crippen molar-refractivity contribution in [3.8, 4) is 0 Å². The molecule has 2 fully saturated rings. The third kappa shape index (κ3) is 15.8. The van der Waals surface area contributed by atoms with Crippen molar-refractivity contribution in [2.75, 3.05) is 61.0 Å². The Morgan fingerprint density at radius 1 is 0.766 bits per heavy atom. The number of aliphatic imine (C=N–C) groups is 1. The monoisotopic (exact) mass is 650 g/mol. The normalized spacial score (nSPS) is 17.3. The molecule has 4 heteroatoms. The lowest BCUT2D eigenvalue weighted by molar-refractivity contribution is 0.258. The molecular formula is C43H75N3O. The van der Waals surface area contributed by atoms with E-state index in [1.54, 1.807) is 30.9 Å². The van der Waals surface area contributed by atoms with Gasteiger partial charge in [0.15, 0.2) is 0 Å². The van der Waals surface area contributed by atoms with Gasteiger partial charge in [-0.3, -0.25) is 9.89 Å². The molecule has 0 amide bonds. The van der Waals surface area contributed by atoms with Gasteiger partial charge in [-0.1, -0.05) is 65.3 Å². The summed E-state index contributed by atoms with van der Waals surface area (Å²) < 4.78 is 4.25. The summed E-state index contributed by atoms with van der Waals surface area (Å²) >= 11 is 0. The molecule has 0 radical (unpaired) electrons. The molecule has 0 aliphatic carbocycles. The Balaban J connectivity index is 0.00000146. The molecular weight excluding hydrogens is 574 g/mol. The summed E-state index contributed by atoms with van der Waals surface area (Å²) in [5, 5.41) is 0. The van der Waals surface area contributed by atoms with Gasteiger partial charge < -0.3 is 9.64 Å². The second kappa shape index (κ2) is 25.9. The van der Waals surface area contributed by atoms with Gasteiger partial charge >= 0.3 is 0 Å². The molecule has 4 nitrogen and oxygen atoms in total. The van der Waals surface area contributed by atoms with Crippen molar-refractivity contribution in [2.24, 2.45) is 10.9 Å². The van der Waals surface area contributed by atoms with Gasteiger partial charge in [-0.2, -0.15) is 0 Å². The van der Waals surface area contributed by atoms with Gasteiger partial charge in [0, 0.05) is 33.4 Å². The first-order valence-electron chi connectivity index (χ1n) is 19.4. The number of nitrogens with zero attached hydrogens (tertiary/aromatic N) is 3. The Morgan fingerprint density at radius 3 is 2.06 bits per heavy atom. The van der Waals surface area contributed by atoms with Gasteiger partial charge in [0.2, 0.25) is 0 Å². The Bertz CT molecular complexity index is 1120. The van der Waals surface area contributed by atoms with Crippen LogP contribution in [0.25, 0.3) is 0 Å². The van der Waals surface area contributed by atoms with Crippen LogP contribution in [0.2, 0.25) is 0 Å². The molecule has 0 saturated carbocycles. The summed E-state index contributed by atoms with van der Waals surface area (Å²) in [5.41, 5.74) is 11.7. The van der Waals surface area contributed by atoms with E-state index in [2.05, 4.69) is 72.7 Å². The Labute approximate surface area is 292 Å². The van der Waals surface area contributed by atoms with Crippen LogP contribution in [0.4, 0.5) is 0 Å². The van der Waals surface area contributed by atoms with E-state index in [4.69, 9.17) is 4.99 Å². The van der Waals surface area contributed by atoms with Crippen molar-refractivity contribution in [1.82, 2.24) is 9.80 Å². The van der Waals surface area contributed by atoms with Crippen LogP contribution < -0.4 is 0 Å². The van der Waals surface area contributed by atoms with Gasteiger partial charge in [-0.15, -0.1) is 0 Å². The molecule has 1 unspecified atom stereocenters. The molecule has 47 heavy (non-hydrogen) atoms. The molecule has 0 bridgehead atoms. The van der Waals surface area contributed by atoms with Crippen molar-refractivity contribution >= 4 is 5.71 Å². The van der Waals surface area contributed by atoms with Crippen LogP contribution in [0.1, 0.15) is 131 Å². The summed E-state index contributed by atoms with van der Waals surface area (Å²) in [7, 11) is 7.51. The lowest BCUT2D eigenvalue weighted by atomic mass is 9.90. The first-order chi connectivity index (χ1) is 22.9. The molecule has 268 valence electrons. The maximum Gasteiger partial charge on any atom is 0.0560 e. The fourth-order valence-electron chi connectivity index (χ4n) is 7.09. The summed E-state index contributed by atoms with van der Waals surface area (Å²) in [6.45, 7) is 20.9. The highest BCUT2D eigenvalue weighted by molar-refractivity contribution is 6.03. The first kappa shape index (κ1) is 43.0. The minimum atomic E-state index is 0.907. The maximum atomic E-state index is 4.77. The van der Waals surface area contributed by atoms with Gasteiger partial charge in [-0.05, 0) is 169 Å². The number of piperidine rings is 1. The molecule has 0 aromatic heterocycles. The van der Waals surface area contributed by atoms with Gasteiger partial charge in [0.05, 0.1) is 5.71 Å². The van der Waals surface area contributed by atoms with Gasteiger partial charge in [0.25, 0.3) is 0 Å². The molecule has 2 aromatic rings. The third-order valence-electron chi connectivity index (χ3n) is 9.79. The average Bonchev–Trinajstić information content (AvgIpc) is 3.32. The summed E-state index contributed by atoms with van der Waals surface area (Å²) in [5.74, 6) is 0.907.